The quantitative estimate of drug-likeness (QED) is 0.746. The van der Waals surface area contributed by atoms with E-state index in [1.807, 2.05) is 35.1 Å². The minimum atomic E-state index is 0.353. The predicted molar refractivity (Wildman–Crippen MR) is 79.1 cm³/mol. The van der Waals surface area contributed by atoms with Crippen molar-refractivity contribution in [1.29, 1.82) is 0 Å². The summed E-state index contributed by atoms with van der Waals surface area (Å²) in [6, 6.07) is 8.47. The van der Waals surface area contributed by atoms with Crippen LogP contribution in [-0.2, 0) is 6.54 Å². The molecule has 0 aliphatic rings. The molecule has 0 spiro atoms. The van der Waals surface area contributed by atoms with Crippen LogP contribution in [0.3, 0.4) is 0 Å². The third-order valence-electron chi connectivity index (χ3n) is 3.23. The van der Waals surface area contributed by atoms with Gasteiger partial charge in [0.1, 0.15) is 12.7 Å². The van der Waals surface area contributed by atoms with Crippen LogP contribution in [0.15, 0.2) is 49.3 Å². The summed E-state index contributed by atoms with van der Waals surface area (Å²) in [5, 5.41) is 15.3. The number of nitrogens with zero attached hydrogens (tertiary/aromatic N) is 6. The fourth-order valence-corrected chi connectivity index (χ4v) is 2.09. The van der Waals surface area contributed by atoms with Gasteiger partial charge in [-0.05, 0) is 37.6 Å². The van der Waals surface area contributed by atoms with Crippen molar-refractivity contribution in [2.75, 3.05) is 5.32 Å². The fourth-order valence-electron chi connectivity index (χ4n) is 2.09. The van der Waals surface area contributed by atoms with E-state index < -0.39 is 0 Å². The molecule has 7 nitrogen and oxygen atoms in total. The molecule has 0 aliphatic heterocycles. The summed E-state index contributed by atoms with van der Waals surface area (Å²) < 4.78 is 3.57. The largest absolute Gasteiger partial charge is 0.383 e. The van der Waals surface area contributed by atoms with Gasteiger partial charge in [0, 0.05) is 18.3 Å². The molecule has 3 aromatic rings. The van der Waals surface area contributed by atoms with E-state index in [1.165, 1.54) is 0 Å². The third kappa shape index (κ3) is 3.44. The molecule has 1 N–H and O–H groups in total. The summed E-state index contributed by atoms with van der Waals surface area (Å²) >= 11 is 0. The molecule has 21 heavy (non-hydrogen) atoms. The average Bonchev–Trinajstić information content (AvgIpc) is 3.19. The van der Waals surface area contributed by atoms with Crippen molar-refractivity contribution in [2.24, 2.45) is 0 Å². The van der Waals surface area contributed by atoms with E-state index in [0.29, 0.717) is 6.04 Å². The molecule has 0 saturated heterocycles. The first-order valence-electron chi connectivity index (χ1n) is 6.87. The van der Waals surface area contributed by atoms with Crippen LogP contribution in [0.1, 0.15) is 13.3 Å². The van der Waals surface area contributed by atoms with Crippen LogP contribution in [-0.4, -0.2) is 35.8 Å². The monoisotopic (exact) mass is 283 g/mol. The molecule has 0 amide bonds. The van der Waals surface area contributed by atoms with E-state index in [-0.39, 0.29) is 0 Å². The number of aryl methyl sites for hydroxylation is 1. The van der Waals surface area contributed by atoms with Crippen LogP contribution in [0.5, 0.6) is 0 Å². The van der Waals surface area contributed by atoms with Gasteiger partial charge in [-0.25, -0.2) is 9.67 Å². The molecule has 0 fully saturated rings. The second-order valence-corrected chi connectivity index (χ2v) is 4.89. The van der Waals surface area contributed by atoms with Crippen molar-refractivity contribution in [3.63, 3.8) is 0 Å². The maximum atomic E-state index is 4.10. The lowest BCUT2D eigenvalue weighted by Crippen LogP contribution is -2.17. The Labute approximate surface area is 122 Å². The van der Waals surface area contributed by atoms with Crippen LogP contribution in [0.4, 0.5) is 5.69 Å². The highest BCUT2D eigenvalue weighted by Crippen LogP contribution is 2.14. The summed E-state index contributed by atoms with van der Waals surface area (Å²) in [5.74, 6) is 0. The number of hydrogen-bond acceptors (Lipinski definition) is 5. The van der Waals surface area contributed by atoms with Crippen molar-refractivity contribution in [1.82, 2.24) is 29.8 Å². The number of hydrogen-bond donors (Lipinski definition) is 1. The SMILES string of the molecule is C[C@@H](CCn1cncn1)Nc1ccc(-n2ccnn2)cc1. The van der Waals surface area contributed by atoms with Gasteiger partial charge in [0.05, 0.1) is 18.1 Å². The highest BCUT2D eigenvalue weighted by atomic mass is 15.4. The molecule has 108 valence electrons. The van der Waals surface area contributed by atoms with E-state index in [2.05, 4.69) is 32.6 Å². The van der Waals surface area contributed by atoms with Crippen LogP contribution in [0.25, 0.3) is 5.69 Å². The molecule has 0 aliphatic carbocycles. The first-order valence-corrected chi connectivity index (χ1v) is 6.87. The first-order chi connectivity index (χ1) is 10.3. The Kier molecular flexibility index (Phi) is 3.90. The molecule has 0 saturated carbocycles. The Hall–Kier alpha value is -2.70. The highest BCUT2D eigenvalue weighted by molar-refractivity contribution is 5.48. The molecular formula is C14H17N7. The standard InChI is InChI=1S/C14H17N7/c1-12(6-8-20-11-15-10-17-20)18-13-2-4-14(5-3-13)21-9-7-16-19-21/h2-5,7,9-12,18H,6,8H2,1H3/t12-/m0/s1. The minimum absolute atomic E-state index is 0.353. The summed E-state index contributed by atoms with van der Waals surface area (Å²) in [4.78, 5) is 3.94. The molecule has 2 aromatic heterocycles. The Morgan fingerprint density at radius 2 is 2.10 bits per heavy atom. The molecule has 2 heterocycles. The number of benzene rings is 1. The number of anilines is 1. The van der Waals surface area contributed by atoms with Gasteiger partial charge in [-0.1, -0.05) is 5.21 Å². The Morgan fingerprint density at radius 3 is 2.76 bits per heavy atom. The van der Waals surface area contributed by atoms with Gasteiger partial charge in [-0.15, -0.1) is 5.10 Å². The number of aromatic nitrogens is 6. The summed E-state index contributed by atoms with van der Waals surface area (Å²) in [7, 11) is 0. The van der Waals surface area contributed by atoms with Gasteiger partial charge < -0.3 is 5.32 Å². The maximum absolute atomic E-state index is 4.10. The van der Waals surface area contributed by atoms with Crippen LogP contribution in [0.2, 0.25) is 0 Å². The van der Waals surface area contributed by atoms with Crippen LogP contribution >= 0.6 is 0 Å². The molecule has 3 rings (SSSR count). The lowest BCUT2D eigenvalue weighted by molar-refractivity contribution is 0.544. The van der Waals surface area contributed by atoms with Crippen LogP contribution in [0, 0.1) is 0 Å². The van der Waals surface area contributed by atoms with E-state index in [1.54, 1.807) is 23.5 Å². The zero-order chi connectivity index (χ0) is 14.5. The van der Waals surface area contributed by atoms with Gasteiger partial charge in [0.2, 0.25) is 0 Å². The summed E-state index contributed by atoms with van der Waals surface area (Å²) in [6.07, 6.45) is 7.76. The Balaban J connectivity index is 1.55. The van der Waals surface area contributed by atoms with E-state index >= 15 is 0 Å². The fraction of sp³-hybridized carbons (Fsp3) is 0.286. The van der Waals surface area contributed by atoms with E-state index in [4.69, 9.17) is 0 Å². The molecule has 1 aromatic carbocycles. The van der Waals surface area contributed by atoms with Gasteiger partial charge in [0.25, 0.3) is 0 Å². The number of rotatable bonds is 6. The smallest absolute Gasteiger partial charge is 0.137 e. The Morgan fingerprint density at radius 1 is 1.24 bits per heavy atom. The Bertz CT molecular complexity index is 643. The molecule has 1 atom stereocenters. The van der Waals surface area contributed by atoms with Crippen molar-refractivity contribution in [3.8, 4) is 5.69 Å². The van der Waals surface area contributed by atoms with Crippen LogP contribution < -0.4 is 5.32 Å². The van der Waals surface area contributed by atoms with Gasteiger partial charge in [-0.3, -0.25) is 4.68 Å². The molecule has 0 unspecified atom stereocenters. The maximum Gasteiger partial charge on any atom is 0.137 e. The van der Waals surface area contributed by atoms with E-state index in [0.717, 1.165) is 24.3 Å². The lowest BCUT2D eigenvalue weighted by atomic mass is 10.2. The zero-order valence-electron chi connectivity index (χ0n) is 11.8. The normalized spacial score (nSPS) is 12.2. The summed E-state index contributed by atoms with van der Waals surface area (Å²) in [5.41, 5.74) is 2.08. The topological polar surface area (TPSA) is 73.5 Å². The van der Waals surface area contributed by atoms with Crippen molar-refractivity contribution < 1.29 is 0 Å². The van der Waals surface area contributed by atoms with Gasteiger partial charge >= 0.3 is 0 Å². The highest BCUT2D eigenvalue weighted by Gasteiger charge is 2.04. The first kappa shape index (κ1) is 13.3. The lowest BCUT2D eigenvalue weighted by Gasteiger charge is -2.15. The van der Waals surface area contributed by atoms with Crippen molar-refractivity contribution in [2.45, 2.75) is 25.9 Å². The summed E-state index contributed by atoms with van der Waals surface area (Å²) in [6.45, 7) is 3.01. The van der Waals surface area contributed by atoms with Crippen molar-refractivity contribution in [3.05, 3.63) is 49.3 Å². The molecule has 7 heteroatoms. The molecule has 0 bridgehead atoms. The van der Waals surface area contributed by atoms with E-state index in [9.17, 15) is 0 Å². The minimum Gasteiger partial charge on any atom is -0.383 e. The zero-order valence-corrected chi connectivity index (χ0v) is 11.8. The second kappa shape index (κ2) is 6.17. The predicted octanol–water partition coefficient (Wildman–Crippen LogP) is 1.75. The number of nitrogens with one attached hydrogen (secondary N) is 1. The van der Waals surface area contributed by atoms with Gasteiger partial charge in [-0.2, -0.15) is 5.10 Å². The molecular weight excluding hydrogens is 266 g/mol. The third-order valence-corrected chi connectivity index (χ3v) is 3.23. The van der Waals surface area contributed by atoms with Gasteiger partial charge in [0.15, 0.2) is 0 Å². The van der Waals surface area contributed by atoms with Crippen molar-refractivity contribution >= 4 is 5.69 Å². The average molecular weight is 283 g/mol. The molecule has 0 radical (unpaired) electrons. The second-order valence-electron chi connectivity index (χ2n) is 4.89.